The van der Waals surface area contributed by atoms with Gasteiger partial charge in [-0.05, 0) is 40.8 Å². The molecule has 0 bridgehead atoms. The topological polar surface area (TPSA) is 32.3 Å². The fourth-order valence-electron chi connectivity index (χ4n) is 2.96. The average Bonchev–Trinajstić information content (AvgIpc) is 2.60. The maximum Gasteiger partial charge on any atom is 0.0471 e. The van der Waals surface area contributed by atoms with Gasteiger partial charge in [-0.1, -0.05) is 66.7 Å². The molecule has 0 unspecified atom stereocenters. The first-order valence-electron chi connectivity index (χ1n) is 8.17. The van der Waals surface area contributed by atoms with E-state index >= 15 is 0 Å². The molecule has 0 heterocycles. The van der Waals surface area contributed by atoms with E-state index in [-0.39, 0.29) is 6.61 Å². The molecule has 2 N–H and O–H groups in total. The van der Waals surface area contributed by atoms with Gasteiger partial charge in [0.2, 0.25) is 0 Å². The molecule has 0 aliphatic rings. The second kappa shape index (κ2) is 7.40. The molecule has 3 rings (SSSR count). The molecular weight excluding hydrogens is 282 g/mol. The van der Waals surface area contributed by atoms with Crippen LogP contribution < -0.4 is 5.32 Å². The van der Waals surface area contributed by atoms with E-state index in [1.807, 2.05) is 0 Å². The van der Waals surface area contributed by atoms with Crippen LogP contribution in [0.25, 0.3) is 10.8 Å². The lowest BCUT2D eigenvalue weighted by Crippen LogP contribution is -2.18. The van der Waals surface area contributed by atoms with Gasteiger partial charge in [0, 0.05) is 19.2 Å². The number of rotatable bonds is 6. The molecule has 23 heavy (non-hydrogen) atoms. The lowest BCUT2D eigenvalue weighted by molar-refractivity contribution is 0.299. The minimum absolute atomic E-state index is 0.204. The Morgan fingerprint density at radius 2 is 1.57 bits per heavy atom. The summed E-state index contributed by atoms with van der Waals surface area (Å²) in [6.07, 6.45) is 0.722. The molecule has 2 heteroatoms. The molecule has 3 aromatic rings. The van der Waals surface area contributed by atoms with Crippen molar-refractivity contribution in [3.8, 4) is 0 Å². The van der Waals surface area contributed by atoms with Crippen LogP contribution in [-0.2, 0) is 13.0 Å². The molecule has 0 aliphatic heterocycles. The first-order chi connectivity index (χ1) is 11.3. The van der Waals surface area contributed by atoms with E-state index in [0.717, 1.165) is 13.0 Å². The summed E-state index contributed by atoms with van der Waals surface area (Å²) >= 11 is 0. The summed E-state index contributed by atoms with van der Waals surface area (Å²) in [7, 11) is 0. The van der Waals surface area contributed by atoms with Crippen molar-refractivity contribution in [3.63, 3.8) is 0 Å². The van der Waals surface area contributed by atoms with Crippen molar-refractivity contribution in [2.75, 3.05) is 6.61 Å². The van der Waals surface area contributed by atoms with E-state index in [2.05, 4.69) is 79.0 Å². The standard InChI is InChI=1S/C21H23NO/c1-16(20-8-4-6-19-5-2-3-7-21(19)20)22-15-18-11-9-17(10-12-18)13-14-23/h2-12,16,22-23H,13-15H2,1H3/t16-/m1/s1. The van der Waals surface area contributed by atoms with Crippen molar-refractivity contribution >= 4 is 10.8 Å². The Hall–Kier alpha value is -2.16. The van der Waals surface area contributed by atoms with Gasteiger partial charge in [0.15, 0.2) is 0 Å². The van der Waals surface area contributed by atoms with Gasteiger partial charge in [-0.2, -0.15) is 0 Å². The Bertz CT molecular complexity index is 759. The Morgan fingerprint density at radius 3 is 2.35 bits per heavy atom. The van der Waals surface area contributed by atoms with Crippen LogP contribution in [-0.4, -0.2) is 11.7 Å². The molecule has 0 saturated heterocycles. The van der Waals surface area contributed by atoms with Crippen LogP contribution in [0.1, 0.15) is 29.7 Å². The Morgan fingerprint density at radius 1 is 0.870 bits per heavy atom. The predicted molar refractivity (Wildman–Crippen MR) is 96.4 cm³/mol. The van der Waals surface area contributed by atoms with Crippen LogP contribution in [0.3, 0.4) is 0 Å². The molecule has 2 nitrogen and oxygen atoms in total. The summed E-state index contributed by atoms with van der Waals surface area (Å²) in [6, 6.07) is 23.7. The second-order valence-corrected chi connectivity index (χ2v) is 5.96. The van der Waals surface area contributed by atoms with Crippen molar-refractivity contribution in [1.29, 1.82) is 0 Å². The summed E-state index contributed by atoms with van der Waals surface area (Å²) in [6.45, 7) is 3.25. The van der Waals surface area contributed by atoms with Crippen LogP contribution in [0.5, 0.6) is 0 Å². The molecule has 0 aromatic heterocycles. The third-order valence-corrected chi connectivity index (χ3v) is 4.33. The van der Waals surface area contributed by atoms with E-state index in [4.69, 9.17) is 5.11 Å². The summed E-state index contributed by atoms with van der Waals surface area (Å²) in [5, 5.41) is 15.2. The minimum atomic E-state index is 0.204. The van der Waals surface area contributed by atoms with E-state index < -0.39 is 0 Å². The van der Waals surface area contributed by atoms with Crippen molar-refractivity contribution in [1.82, 2.24) is 5.32 Å². The molecular formula is C21H23NO. The summed E-state index contributed by atoms with van der Waals surface area (Å²) < 4.78 is 0. The molecule has 3 aromatic carbocycles. The van der Waals surface area contributed by atoms with E-state index in [1.165, 1.54) is 27.5 Å². The summed E-state index contributed by atoms with van der Waals surface area (Å²) in [5.41, 5.74) is 3.78. The maximum absolute atomic E-state index is 8.97. The molecule has 118 valence electrons. The minimum Gasteiger partial charge on any atom is -0.396 e. The van der Waals surface area contributed by atoms with E-state index in [1.54, 1.807) is 0 Å². The van der Waals surface area contributed by atoms with Gasteiger partial charge < -0.3 is 10.4 Å². The number of hydrogen-bond donors (Lipinski definition) is 2. The first-order valence-corrected chi connectivity index (χ1v) is 8.17. The zero-order chi connectivity index (χ0) is 16.1. The zero-order valence-electron chi connectivity index (χ0n) is 13.5. The molecule has 0 fully saturated rings. The number of nitrogens with one attached hydrogen (secondary N) is 1. The third-order valence-electron chi connectivity index (χ3n) is 4.33. The smallest absolute Gasteiger partial charge is 0.0471 e. The van der Waals surface area contributed by atoms with Crippen molar-refractivity contribution in [2.24, 2.45) is 0 Å². The van der Waals surface area contributed by atoms with Crippen molar-refractivity contribution in [3.05, 3.63) is 83.4 Å². The van der Waals surface area contributed by atoms with E-state index in [0.29, 0.717) is 6.04 Å². The zero-order valence-corrected chi connectivity index (χ0v) is 13.5. The molecule has 0 radical (unpaired) electrons. The van der Waals surface area contributed by atoms with Gasteiger partial charge in [0.05, 0.1) is 0 Å². The molecule has 0 saturated carbocycles. The summed E-state index contributed by atoms with van der Waals surface area (Å²) in [5.74, 6) is 0. The SMILES string of the molecule is C[C@@H](NCc1ccc(CCO)cc1)c1cccc2ccccc12. The fourth-order valence-corrected chi connectivity index (χ4v) is 2.96. The second-order valence-electron chi connectivity index (χ2n) is 5.96. The molecule has 0 spiro atoms. The van der Waals surface area contributed by atoms with Gasteiger partial charge in [-0.3, -0.25) is 0 Å². The molecule has 0 amide bonds. The highest BCUT2D eigenvalue weighted by Crippen LogP contribution is 2.24. The van der Waals surface area contributed by atoms with Gasteiger partial charge in [-0.15, -0.1) is 0 Å². The van der Waals surface area contributed by atoms with Crippen LogP contribution in [0.15, 0.2) is 66.7 Å². The van der Waals surface area contributed by atoms with Gasteiger partial charge in [-0.25, -0.2) is 0 Å². The summed E-state index contributed by atoms with van der Waals surface area (Å²) in [4.78, 5) is 0. The third kappa shape index (κ3) is 3.79. The average molecular weight is 305 g/mol. The first kappa shape index (κ1) is 15.7. The number of hydrogen-bond acceptors (Lipinski definition) is 2. The van der Waals surface area contributed by atoms with Gasteiger partial charge >= 0.3 is 0 Å². The lowest BCUT2D eigenvalue weighted by Gasteiger charge is -2.17. The quantitative estimate of drug-likeness (QED) is 0.714. The predicted octanol–water partition coefficient (Wildman–Crippen LogP) is 4.23. The fraction of sp³-hybridized carbons (Fsp3) is 0.238. The largest absolute Gasteiger partial charge is 0.396 e. The van der Waals surface area contributed by atoms with Crippen LogP contribution in [0, 0.1) is 0 Å². The monoisotopic (exact) mass is 305 g/mol. The number of fused-ring (bicyclic) bond motifs is 1. The van der Waals surface area contributed by atoms with Crippen LogP contribution >= 0.6 is 0 Å². The molecule has 0 aliphatic carbocycles. The highest BCUT2D eigenvalue weighted by atomic mass is 16.2. The van der Waals surface area contributed by atoms with E-state index in [9.17, 15) is 0 Å². The number of aliphatic hydroxyl groups is 1. The Kier molecular flexibility index (Phi) is 5.06. The highest BCUT2D eigenvalue weighted by Gasteiger charge is 2.08. The maximum atomic E-state index is 8.97. The van der Waals surface area contributed by atoms with Gasteiger partial charge in [0.25, 0.3) is 0 Å². The number of benzene rings is 3. The van der Waals surface area contributed by atoms with Crippen LogP contribution in [0.2, 0.25) is 0 Å². The van der Waals surface area contributed by atoms with Crippen molar-refractivity contribution < 1.29 is 5.11 Å². The van der Waals surface area contributed by atoms with Crippen molar-refractivity contribution in [2.45, 2.75) is 25.9 Å². The Labute approximate surface area is 137 Å². The normalized spacial score (nSPS) is 12.4. The molecule has 1 atom stereocenters. The van der Waals surface area contributed by atoms with Gasteiger partial charge in [0.1, 0.15) is 0 Å². The lowest BCUT2D eigenvalue weighted by atomic mass is 9.99. The van der Waals surface area contributed by atoms with Crippen LogP contribution in [0.4, 0.5) is 0 Å². The Balaban J connectivity index is 1.70. The highest BCUT2D eigenvalue weighted by molar-refractivity contribution is 5.86. The number of aliphatic hydroxyl groups excluding tert-OH is 1.